The van der Waals surface area contributed by atoms with Crippen molar-refractivity contribution in [3.05, 3.63) is 78.3 Å². The van der Waals surface area contributed by atoms with E-state index in [1.54, 1.807) is 29.4 Å². The Balaban J connectivity index is 1.35. The van der Waals surface area contributed by atoms with Gasteiger partial charge in [-0.05, 0) is 42.5 Å². The zero-order valence-corrected chi connectivity index (χ0v) is 24.3. The summed E-state index contributed by atoms with van der Waals surface area (Å²) in [5.74, 6) is -1.51. The van der Waals surface area contributed by atoms with Crippen LogP contribution < -0.4 is 4.90 Å². The number of carboxylic acid groups (broad SMARTS) is 1. The molecule has 10 nitrogen and oxygen atoms in total. The number of sulfonamides is 1. The van der Waals surface area contributed by atoms with Crippen molar-refractivity contribution in [3.8, 4) is 21.7 Å². The molecule has 1 unspecified atom stereocenters. The zero-order chi connectivity index (χ0) is 29.3. The summed E-state index contributed by atoms with van der Waals surface area (Å²) in [6.07, 6.45) is 10.6. The Kier molecular flexibility index (Phi) is 7.84. The molecule has 2 aliphatic rings. The summed E-state index contributed by atoms with van der Waals surface area (Å²) < 4.78 is 28.9. The van der Waals surface area contributed by atoms with Gasteiger partial charge in [0.05, 0.1) is 24.0 Å². The predicted octanol–water partition coefficient (Wildman–Crippen LogP) is 4.95. The molecule has 1 N–H and O–H groups in total. The molecule has 2 fully saturated rings. The van der Waals surface area contributed by atoms with Crippen LogP contribution in [0.15, 0.2) is 78.3 Å². The third-order valence-electron chi connectivity index (χ3n) is 7.95. The number of benzene rings is 1. The average Bonchev–Trinajstić information content (AvgIpc) is 3.47. The monoisotopic (exact) mass is 603 g/mol. The molecule has 216 valence electrons. The first-order valence-corrected chi connectivity index (χ1v) is 16.0. The molecule has 12 heteroatoms. The Labute approximate surface area is 247 Å². The Bertz CT molecular complexity index is 1690. The standard InChI is InChI=1S/C30H29N5O5S2/c36-28-18-34(42(39,40)23-11-12-24(33-16-23)22-14-31-19-32-15-22)17-26(20-7-3-1-4-8-20)35(28)25-13-27(41-29(25)30(37)38)21-9-5-2-6-10-21/h2,5-6,9-16,19-20,26H,1,3-4,7-8,17-18H2,(H,37,38). The highest BCUT2D eigenvalue weighted by atomic mass is 32.2. The minimum Gasteiger partial charge on any atom is -0.477 e. The molecular formula is C30H29N5O5S2. The van der Waals surface area contributed by atoms with Gasteiger partial charge >= 0.3 is 5.97 Å². The third kappa shape index (κ3) is 5.44. The zero-order valence-electron chi connectivity index (χ0n) is 22.7. The van der Waals surface area contributed by atoms with Crippen molar-refractivity contribution < 1.29 is 23.1 Å². The second kappa shape index (κ2) is 11.7. The fourth-order valence-electron chi connectivity index (χ4n) is 5.88. The van der Waals surface area contributed by atoms with E-state index in [0.717, 1.165) is 53.9 Å². The van der Waals surface area contributed by atoms with Crippen LogP contribution in [-0.4, -0.2) is 63.8 Å². The van der Waals surface area contributed by atoms with E-state index < -0.39 is 34.5 Å². The highest BCUT2D eigenvalue weighted by molar-refractivity contribution is 7.89. The van der Waals surface area contributed by atoms with Gasteiger partial charge in [0.2, 0.25) is 15.9 Å². The lowest BCUT2D eigenvalue weighted by molar-refractivity contribution is -0.121. The molecule has 6 rings (SSSR count). The minimum atomic E-state index is -4.06. The van der Waals surface area contributed by atoms with Crippen LogP contribution in [0.1, 0.15) is 41.8 Å². The quantitative estimate of drug-likeness (QED) is 0.314. The molecule has 0 radical (unpaired) electrons. The van der Waals surface area contributed by atoms with Crippen molar-refractivity contribution in [1.82, 2.24) is 19.3 Å². The van der Waals surface area contributed by atoms with E-state index in [4.69, 9.17) is 0 Å². The van der Waals surface area contributed by atoms with Crippen LogP contribution in [0, 0.1) is 5.92 Å². The molecule has 0 bridgehead atoms. The molecule has 1 atom stereocenters. The fourth-order valence-corrected chi connectivity index (χ4v) is 8.23. The molecule has 1 aliphatic carbocycles. The van der Waals surface area contributed by atoms with Gasteiger partial charge in [-0.3, -0.25) is 9.78 Å². The molecule has 0 spiro atoms. The minimum absolute atomic E-state index is 0.0140. The number of nitrogens with zero attached hydrogens (tertiary/aromatic N) is 5. The molecule has 1 aliphatic heterocycles. The van der Waals surface area contributed by atoms with Crippen LogP contribution in [0.2, 0.25) is 0 Å². The number of rotatable bonds is 7. The lowest BCUT2D eigenvalue weighted by Crippen LogP contribution is -2.60. The molecule has 42 heavy (non-hydrogen) atoms. The highest BCUT2D eigenvalue weighted by Crippen LogP contribution is 2.42. The van der Waals surface area contributed by atoms with Gasteiger partial charge in [-0.2, -0.15) is 4.31 Å². The van der Waals surface area contributed by atoms with Gasteiger partial charge in [0.1, 0.15) is 16.1 Å². The molecule has 1 aromatic carbocycles. The summed E-state index contributed by atoms with van der Waals surface area (Å²) in [4.78, 5) is 40.9. The summed E-state index contributed by atoms with van der Waals surface area (Å²) in [5.41, 5.74) is 2.38. The number of anilines is 1. The number of piperazine rings is 1. The number of carbonyl (C=O) groups is 2. The van der Waals surface area contributed by atoms with Gasteiger partial charge in [0.15, 0.2) is 0 Å². The highest BCUT2D eigenvalue weighted by Gasteiger charge is 2.44. The first kappa shape index (κ1) is 28.1. The normalized spacial score (nSPS) is 18.7. The van der Waals surface area contributed by atoms with Gasteiger partial charge in [0, 0.05) is 35.6 Å². The maximum absolute atomic E-state index is 13.9. The van der Waals surface area contributed by atoms with Gasteiger partial charge in [0.25, 0.3) is 0 Å². The van der Waals surface area contributed by atoms with Gasteiger partial charge in [-0.1, -0.05) is 49.6 Å². The summed E-state index contributed by atoms with van der Waals surface area (Å²) in [7, 11) is -4.06. The van der Waals surface area contributed by atoms with E-state index >= 15 is 0 Å². The molecule has 1 saturated carbocycles. The van der Waals surface area contributed by atoms with Crippen molar-refractivity contribution >= 4 is 38.9 Å². The van der Waals surface area contributed by atoms with Crippen molar-refractivity contribution in [2.75, 3.05) is 18.0 Å². The second-order valence-electron chi connectivity index (χ2n) is 10.5. The first-order chi connectivity index (χ1) is 20.3. The van der Waals surface area contributed by atoms with Gasteiger partial charge < -0.3 is 10.0 Å². The van der Waals surface area contributed by atoms with Crippen molar-refractivity contribution in [2.45, 2.75) is 43.0 Å². The number of pyridine rings is 1. The number of aromatic carboxylic acids is 1. The van der Waals surface area contributed by atoms with Gasteiger partial charge in [-0.25, -0.2) is 23.2 Å². The maximum Gasteiger partial charge on any atom is 0.348 e. The summed E-state index contributed by atoms with van der Waals surface area (Å²) in [6.45, 7) is -0.321. The van der Waals surface area contributed by atoms with Crippen molar-refractivity contribution in [2.24, 2.45) is 5.92 Å². The Morgan fingerprint density at radius 1 is 0.952 bits per heavy atom. The molecule has 4 aromatic rings. The maximum atomic E-state index is 13.9. The SMILES string of the molecule is O=C(O)c1sc(-c2ccccc2)cc1N1C(=O)CN(S(=O)(=O)c2ccc(-c3cncnc3)nc2)CC1C1CCCCC1. The molecule has 4 heterocycles. The van der Waals surface area contributed by atoms with E-state index in [9.17, 15) is 23.1 Å². The van der Waals surface area contributed by atoms with Crippen LogP contribution in [0.25, 0.3) is 21.7 Å². The van der Waals surface area contributed by atoms with E-state index in [1.807, 2.05) is 30.3 Å². The smallest absolute Gasteiger partial charge is 0.348 e. The van der Waals surface area contributed by atoms with Crippen LogP contribution in [-0.2, 0) is 14.8 Å². The lowest BCUT2D eigenvalue weighted by atomic mass is 9.82. The molecular weight excluding hydrogens is 574 g/mol. The Morgan fingerprint density at radius 2 is 1.69 bits per heavy atom. The summed E-state index contributed by atoms with van der Waals surface area (Å²) in [6, 6.07) is 13.8. The Morgan fingerprint density at radius 3 is 2.36 bits per heavy atom. The third-order valence-corrected chi connectivity index (χ3v) is 10.9. The van der Waals surface area contributed by atoms with Gasteiger partial charge in [-0.15, -0.1) is 11.3 Å². The van der Waals surface area contributed by atoms with Crippen LogP contribution in [0.4, 0.5) is 5.69 Å². The largest absolute Gasteiger partial charge is 0.477 e. The number of hydrogen-bond donors (Lipinski definition) is 1. The lowest BCUT2D eigenvalue weighted by Gasteiger charge is -2.44. The van der Waals surface area contributed by atoms with Crippen LogP contribution in [0.5, 0.6) is 0 Å². The van der Waals surface area contributed by atoms with E-state index in [2.05, 4.69) is 15.0 Å². The molecule has 3 aromatic heterocycles. The fraction of sp³-hybridized carbons (Fsp3) is 0.300. The number of thiophene rings is 1. The van der Waals surface area contributed by atoms with Crippen LogP contribution in [0.3, 0.4) is 0 Å². The van der Waals surface area contributed by atoms with Crippen LogP contribution >= 0.6 is 11.3 Å². The number of aromatic nitrogens is 3. The Hall–Kier alpha value is -4.00. The average molecular weight is 604 g/mol. The van der Waals surface area contributed by atoms with Crippen molar-refractivity contribution in [3.63, 3.8) is 0 Å². The molecule has 1 amide bonds. The van der Waals surface area contributed by atoms with E-state index in [1.165, 1.54) is 22.9 Å². The van der Waals surface area contributed by atoms with E-state index in [0.29, 0.717) is 16.9 Å². The topological polar surface area (TPSA) is 134 Å². The second-order valence-corrected chi connectivity index (χ2v) is 13.5. The first-order valence-electron chi connectivity index (χ1n) is 13.8. The number of hydrogen-bond acceptors (Lipinski definition) is 8. The summed E-state index contributed by atoms with van der Waals surface area (Å²) in [5, 5.41) is 10.1. The number of carbonyl (C=O) groups excluding carboxylic acids is 1. The predicted molar refractivity (Wildman–Crippen MR) is 159 cm³/mol. The number of amides is 1. The number of carboxylic acids is 1. The summed E-state index contributed by atoms with van der Waals surface area (Å²) >= 11 is 1.13. The van der Waals surface area contributed by atoms with Crippen molar-refractivity contribution in [1.29, 1.82) is 0 Å². The molecule has 1 saturated heterocycles. The van der Waals surface area contributed by atoms with E-state index in [-0.39, 0.29) is 22.2 Å².